The maximum Gasteiger partial charge on any atom is 0.404 e. The van der Waals surface area contributed by atoms with E-state index in [1.807, 2.05) is 36.4 Å². The lowest BCUT2D eigenvalue weighted by Crippen LogP contribution is -2.37. The Balaban J connectivity index is 1.68. The van der Waals surface area contributed by atoms with Gasteiger partial charge in [-0.1, -0.05) is 37.9 Å². The number of hydrogen-bond donors (Lipinski definition) is 5. The Bertz CT molecular complexity index is 1230. The van der Waals surface area contributed by atoms with Crippen LogP contribution < -0.4 is 10.6 Å². The molecule has 0 saturated carbocycles. The van der Waals surface area contributed by atoms with Crippen molar-refractivity contribution in [3.63, 3.8) is 0 Å². The van der Waals surface area contributed by atoms with Crippen LogP contribution in [0.3, 0.4) is 0 Å². The maximum absolute atomic E-state index is 13.0. The minimum absolute atomic E-state index is 0.0362. The molecule has 1 unspecified atom stereocenters. The number of aromatic nitrogens is 2. The highest BCUT2D eigenvalue weighted by atomic mass is 79.9. The fourth-order valence-corrected chi connectivity index (χ4v) is 4.08. The number of H-pyrrole nitrogens is 2. The lowest BCUT2D eigenvalue weighted by molar-refractivity contribution is 0.0937. The van der Waals surface area contributed by atoms with E-state index >= 15 is 0 Å². The normalized spacial score (nSPS) is 12.2. The minimum Gasteiger partial charge on any atom is -0.465 e. The number of aromatic amines is 2. The van der Waals surface area contributed by atoms with Crippen LogP contribution in [-0.4, -0.2) is 33.6 Å². The fourth-order valence-electron chi connectivity index (χ4n) is 3.35. The van der Waals surface area contributed by atoms with Crippen molar-refractivity contribution in [2.75, 3.05) is 6.54 Å². The highest BCUT2D eigenvalue weighted by Crippen LogP contribution is 2.28. The van der Waals surface area contributed by atoms with E-state index in [1.54, 1.807) is 12.4 Å². The molecule has 29 heavy (non-hydrogen) atoms. The Labute approximate surface area is 182 Å². The molecule has 148 valence electrons. The van der Waals surface area contributed by atoms with Crippen LogP contribution in [0, 0.1) is 0 Å². The fraction of sp³-hybridized carbons (Fsp3) is 0.100. The van der Waals surface area contributed by atoms with Gasteiger partial charge in [-0.25, -0.2) is 4.79 Å². The van der Waals surface area contributed by atoms with Crippen molar-refractivity contribution in [3.8, 4) is 0 Å². The molecule has 0 aliphatic carbocycles. The van der Waals surface area contributed by atoms with Gasteiger partial charge in [-0.3, -0.25) is 4.79 Å². The summed E-state index contributed by atoms with van der Waals surface area (Å²) in [5.74, 6) is -0.292. The number of carbonyl (C=O) groups is 2. The zero-order chi connectivity index (χ0) is 20.5. The third kappa shape index (κ3) is 4.01. The molecule has 2 aromatic carbocycles. The van der Waals surface area contributed by atoms with Gasteiger partial charge in [0.2, 0.25) is 0 Å². The lowest BCUT2D eigenvalue weighted by atomic mass is 10.0. The average molecular weight is 520 g/mol. The summed E-state index contributed by atoms with van der Waals surface area (Å²) in [7, 11) is 0. The maximum atomic E-state index is 13.0. The topological polar surface area (TPSA) is 110 Å². The van der Waals surface area contributed by atoms with E-state index in [4.69, 9.17) is 5.11 Å². The second-order valence-electron chi connectivity index (χ2n) is 6.54. The van der Waals surface area contributed by atoms with Gasteiger partial charge in [0.1, 0.15) is 0 Å². The summed E-state index contributed by atoms with van der Waals surface area (Å²) in [4.78, 5) is 30.3. The molecule has 1 atom stereocenters. The van der Waals surface area contributed by atoms with Crippen LogP contribution in [0.15, 0.2) is 57.7 Å². The Morgan fingerprint density at radius 3 is 2.48 bits per heavy atom. The van der Waals surface area contributed by atoms with Crippen molar-refractivity contribution in [2.45, 2.75) is 6.04 Å². The Kier molecular flexibility index (Phi) is 5.33. The molecule has 9 heteroatoms. The molecule has 2 aromatic heterocycles. The van der Waals surface area contributed by atoms with Gasteiger partial charge in [0.25, 0.3) is 5.91 Å². The Morgan fingerprint density at radius 1 is 0.966 bits per heavy atom. The molecule has 2 heterocycles. The lowest BCUT2D eigenvalue weighted by Gasteiger charge is -2.18. The SMILES string of the molecule is O=C(O)NCC(NC(=O)c1c[nH]c2cc(Br)ccc12)c1c[nH]c2ccc(Br)cc12. The van der Waals surface area contributed by atoms with Crippen molar-refractivity contribution in [1.29, 1.82) is 0 Å². The third-order valence-corrected chi connectivity index (χ3v) is 5.69. The van der Waals surface area contributed by atoms with Gasteiger partial charge in [-0.2, -0.15) is 0 Å². The molecule has 2 amide bonds. The quantitative estimate of drug-likeness (QED) is 0.258. The van der Waals surface area contributed by atoms with Crippen LogP contribution in [0.2, 0.25) is 0 Å². The van der Waals surface area contributed by atoms with Crippen LogP contribution in [0.1, 0.15) is 22.0 Å². The molecular formula is C20H16Br2N4O3. The second kappa shape index (κ2) is 7.92. The summed E-state index contributed by atoms with van der Waals surface area (Å²) in [5, 5.41) is 16.1. The first-order valence-electron chi connectivity index (χ1n) is 8.73. The van der Waals surface area contributed by atoms with E-state index in [0.29, 0.717) is 5.56 Å². The smallest absolute Gasteiger partial charge is 0.404 e. The van der Waals surface area contributed by atoms with E-state index in [0.717, 1.165) is 36.3 Å². The molecule has 7 nitrogen and oxygen atoms in total. The zero-order valence-electron chi connectivity index (χ0n) is 14.9. The van der Waals surface area contributed by atoms with Gasteiger partial charge in [-0.05, 0) is 30.3 Å². The first-order chi connectivity index (χ1) is 13.9. The number of fused-ring (bicyclic) bond motifs is 2. The molecule has 0 saturated heterocycles. The summed E-state index contributed by atoms with van der Waals surface area (Å²) in [6, 6.07) is 10.8. The molecular weight excluding hydrogens is 504 g/mol. The van der Waals surface area contributed by atoms with Crippen LogP contribution in [0.4, 0.5) is 4.79 Å². The molecule has 0 fully saturated rings. The summed E-state index contributed by atoms with van der Waals surface area (Å²) in [6.45, 7) is 0.0362. The highest BCUT2D eigenvalue weighted by Gasteiger charge is 2.21. The number of benzene rings is 2. The van der Waals surface area contributed by atoms with Crippen LogP contribution in [0.5, 0.6) is 0 Å². The van der Waals surface area contributed by atoms with E-state index in [2.05, 4.69) is 52.5 Å². The van der Waals surface area contributed by atoms with E-state index in [9.17, 15) is 9.59 Å². The van der Waals surface area contributed by atoms with Gasteiger partial charge in [-0.15, -0.1) is 0 Å². The predicted molar refractivity (Wildman–Crippen MR) is 118 cm³/mol. The van der Waals surface area contributed by atoms with Crippen LogP contribution >= 0.6 is 31.9 Å². The van der Waals surface area contributed by atoms with Crippen molar-refractivity contribution in [1.82, 2.24) is 20.6 Å². The van der Waals surface area contributed by atoms with Crippen molar-refractivity contribution >= 4 is 65.7 Å². The number of halogens is 2. The van der Waals surface area contributed by atoms with Gasteiger partial charge in [0.15, 0.2) is 0 Å². The van der Waals surface area contributed by atoms with Crippen molar-refractivity contribution < 1.29 is 14.7 Å². The molecule has 0 aliphatic rings. The van der Waals surface area contributed by atoms with Gasteiger partial charge in [0, 0.05) is 55.3 Å². The number of carbonyl (C=O) groups excluding carboxylic acids is 1. The first kappa shape index (κ1) is 19.5. The highest BCUT2D eigenvalue weighted by molar-refractivity contribution is 9.10. The van der Waals surface area contributed by atoms with Crippen LogP contribution in [-0.2, 0) is 0 Å². The van der Waals surface area contributed by atoms with Crippen molar-refractivity contribution in [2.24, 2.45) is 0 Å². The molecule has 4 rings (SSSR count). The van der Waals surface area contributed by atoms with Gasteiger partial charge >= 0.3 is 6.09 Å². The summed E-state index contributed by atoms with van der Waals surface area (Å²) < 4.78 is 1.80. The molecule has 0 radical (unpaired) electrons. The summed E-state index contributed by atoms with van der Waals surface area (Å²) in [5.41, 5.74) is 3.02. The number of nitrogens with one attached hydrogen (secondary N) is 4. The van der Waals surface area contributed by atoms with Crippen molar-refractivity contribution in [3.05, 3.63) is 68.9 Å². The van der Waals surface area contributed by atoms with E-state index < -0.39 is 12.1 Å². The Morgan fingerprint density at radius 2 is 1.69 bits per heavy atom. The number of carboxylic acid groups (broad SMARTS) is 1. The first-order valence-corrected chi connectivity index (χ1v) is 10.3. The molecule has 0 spiro atoms. The number of hydrogen-bond acceptors (Lipinski definition) is 2. The monoisotopic (exact) mass is 518 g/mol. The predicted octanol–water partition coefficient (Wildman–Crippen LogP) is 4.91. The largest absolute Gasteiger partial charge is 0.465 e. The number of amides is 2. The van der Waals surface area contributed by atoms with Gasteiger partial charge in [0.05, 0.1) is 11.6 Å². The zero-order valence-corrected chi connectivity index (χ0v) is 18.1. The van der Waals surface area contributed by atoms with Gasteiger partial charge < -0.3 is 25.7 Å². The van der Waals surface area contributed by atoms with E-state index in [-0.39, 0.29) is 12.5 Å². The molecule has 0 aliphatic heterocycles. The molecule has 4 aromatic rings. The summed E-state index contributed by atoms with van der Waals surface area (Å²) >= 11 is 6.88. The second-order valence-corrected chi connectivity index (χ2v) is 8.37. The van der Waals surface area contributed by atoms with Crippen LogP contribution in [0.25, 0.3) is 21.8 Å². The standard InChI is InChI=1S/C20H16Br2N4O3/c21-10-2-4-16-13(5-10)14(7-23-16)18(9-25-20(28)29)26-19(27)15-8-24-17-6-11(22)1-3-12(15)17/h1-8,18,23-25H,9H2,(H,26,27)(H,28,29). The van der Waals surface area contributed by atoms with E-state index in [1.165, 1.54) is 0 Å². The number of rotatable bonds is 5. The Hall–Kier alpha value is -2.78. The minimum atomic E-state index is -1.15. The summed E-state index contributed by atoms with van der Waals surface area (Å²) in [6.07, 6.45) is 2.29. The molecule has 5 N–H and O–H groups in total. The average Bonchev–Trinajstić information content (AvgIpc) is 3.28. The molecule has 0 bridgehead atoms. The third-order valence-electron chi connectivity index (χ3n) is 4.70.